The third-order valence-corrected chi connectivity index (χ3v) is 7.76. The van der Waals surface area contributed by atoms with Gasteiger partial charge in [0.1, 0.15) is 11.5 Å². The van der Waals surface area contributed by atoms with Crippen molar-refractivity contribution in [2.75, 3.05) is 20.0 Å². The van der Waals surface area contributed by atoms with Crippen LogP contribution >= 0.6 is 0 Å². The number of carbonyl (C=O) groups excluding carboxylic acids is 3. The lowest BCUT2D eigenvalue weighted by Gasteiger charge is -2.28. The highest BCUT2D eigenvalue weighted by Gasteiger charge is 2.28. The van der Waals surface area contributed by atoms with Crippen LogP contribution in [0.4, 0.5) is 0 Å². The smallest absolute Gasteiger partial charge is 0.333 e. The fraction of sp³-hybridized carbons (Fsp3) is 0.594. The molecule has 0 radical (unpaired) electrons. The Labute approximate surface area is 238 Å². The topological polar surface area (TPSA) is 97.4 Å². The minimum atomic E-state index is -0.350. The Bertz CT molecular complexity index is 998. The summed E-state index contributed by atoms with van der Waals surface area (Å²) in [6, 6.07) is 7.03. The molecule has 2 aliphatic rings. The molecule has 0 atom stereocenters. The van der Waals surface area contributed by atoms with Crippen LogP contribution in [0, 0.1) is 17.8 Å². The van der Waals surface area contributed by atoms with E-state index in [-0.39, 0.29) is 36.7 Å². The lowest BCUT2D eigenvalue weighted by molar-refractivity contribution is -0.141. The minimum Gasteiger partial charge on any atom is -0.468 e. The van der Waals surface area contributed by atoms with Gasteiger partial charge in [-0.25, -0.2) is 9.59 Å². The molecule has 2 aliphatic carbocycles. The molecule has 1 aromatic carbocycles. The van der Waals surface area contributed by atoms with Crippen LogP contribution in [0.25, 0.3) is 0 Å². The molecule has 0 heterocycles. The number of hydrogen-bond donors (Lipinski definition) is 0. The summed E-state index contributed by atoms with van der Waals surface area (Å²) >= 11 is 0. The van der Waals surface area contributed by atoms with Gasteiger partial charge in [0, 0.05) is 11.1 Å². The Kier molecular flexibility index (Phi) is 12.7. The molecule has 0 bridgehead atoms. The van der Waals surface area contributed by atoms with Gasteiger partial charge < -0.3 is 23.7 Å². The van der Waals surface area contributed by atoms with Crippen LogP contribution in [0.5, 0.6) is 11.5 Å². The molecule has 2 fully saturated rings. The Balaban J connectivity index is 1.26. The van der Waals surface area contributed by atoms with Gasteiger partial charge in [-0.15, -0.1) is 0 Å². The lowest BCUT2D eigenvalue weighted by atomic mass is 9.81. The van der Waals surface area contributed by atoms with Gasteiger partial charge in [-0.1, -0.05) is 13.2 Å². The Morgan fingerprint density at radius 3 is 1.70 bits per heavy atom. The second kappa shape index (κ2) is 16.2. The fourth-order valence-electron chi connectivity index (χ4n) is 5.16. The van der Waals surface area contributed by atoms with Gasteiger partial charge in [0.25, 0.3) is 0 Å². The number of benzene rings is 1. The number of rotatable bonds is 14. The standard InChI is InChI=1S/C32H44O8/c1-22(2)30(33)36-19-17-24-5-9-26(10-6-24)32(35)40-29-15-13-28(14-16-29)39-21-38-27-11-7-25(8-12-27)18-20-37-31(34)23(3)4/h13-16,24-27H,1,3,5-12,17-21H2,2,4H3. The van der Waals surface area contributed by atoms with Gasteiger partial charge >= 0.3 is 17.9 Å². The minimum absolute atomic E-state index is 0.111. The van der Waals surface area contributed by atoms with Crippen molar-refractivity contribution >= 4 is 17.9 Å². The van der Waals surface area contributed by atoms with Crippen molar-refractivity contribution in [2.24, 2.45) is 17.8 Å². The molecule has 0 saturated heterocycles. The summed E-state index contributed by atoms with van der Waals surface area (Å²) < 4.78 is 27.6. The molecule has 8 heteroatoms. The van der Waals surface area contributed by atoms with Crippen molar-refractivity contribution < 1.29 is 38.1 Å². The molecule has 1 aromatic rings. The molecule has 220 valence electrons. The van der Waals surface area contributed by atoms with E-state index in [9.17, 15) is 14.4 Å². The Hall–Kier alpha value is -3.13. The molecule has 40 heavy (non-hydrogen) atoms. The van der Waals surface area contributed by atoms with Gasteiger partial charge in [0.15, 0.2) is 6.79 Å². The van der Waals surface area contributed by atoms with Crippen LogP contribution < -0.4 is 9.47 Å². The monoisotopic (exact) mass is 556 g/mol. The maximum atomic E-state index is 12.6. The first kappa shape index (κ1) is 31.4. The van der Waals surface area contributed by atoms with E-state index in [0.29, 0.717) is 47.7 Å². The van der Waals surface area contributed by atoms with E-state index in [1.807, 2.05) is 0 Å². The molecule has 0 aliphatic heterocycles. The molecule has 0 spiro atoms. The quantitative estimate of drug-likeness (QED) is 0.114. The lowest BCUT2D eigenvalue weighted by Crippen LogP contribution is -2.26. The first-order valence-corrected chi connectivity index (χ1v) is 14.4. The van der Waals surface area contributed by atoms with Crippen LogP contribution in [0.1, 0.15) is 78.1 Å². The zero-order valence-corrected chi connectivity index (χ0v) is 24.0. The molecule has 0 N–H and O–H groups in total. The van der Waals surface area contributed by atoms with Gasteiger partial charge in [-0.3, -0.25) is 4.79 Å². The maximum Gasteiger partial charge on any atom is 0.333 e. The van der Waals surface area contributed by atoms with Crippen molar-refractivity contribution in [3.8, 4) is 11.5 Å². The molecular formula is C32H44O8. The van der Waals surface area contributed by atoms with Crippen molar-refractivity contribution in [3.63, 3.8) is 0 Å². The second-order valence-electron chi connectivity index (χ2n) is 11.1. The predicted molar refractivity (Wildman–Crippen MR) is 151 cm³/mol. The van der Waals surface area contributed by atoms with E-state index in [4.69, 9.17) is 23.7 Å². The molecule has 0 unspecified atom stereocenters. The third-order valence-electron chi connectivity index (χ3n) is 7.76. The zero-order chi connectivity index (χ0) is 28.9. The Morgan fingerprint density at radius 2 is 1.20 bits per heavy atom. The highest BCUT2D eigenvalue weighted by atomic mass is 16.7. The molecule has 8 nitrogen and oxygen atoms in total. The predicted octanol–water partition coefficient (Wildman–Crippen LogP) is 6.33. The van der Waals surface area contributed by atoms with Crippen molar-refractivity contribution in [1.82, 2.24) is 0 Å². The average Bonchev–Trinajstić information content (AvgIpc) is 2.95. The van der Waals surface area contributed by atoms with Crippen molar-refractivity contribution in [3.05, 3.63) is 48.6 Å². The normalized spacial score (nSPS) is 22.6. The van der Waals surface area contributed by atoms with Crippen LogP contribution in [0.2, 0.25) is 0 Å². The average molecular weight is 557 g/mol. The summed E-state index contributed by atoms with van der Waals surface area (Å²) in [5.74, 6) is 1.17. The number of hydrogen-bond acceptors (Lipinski definition) is 8. The van der Waals surface area contributed by atoms with Crippen molar-refractivity contribution in [2.45, 2.75) is 84.2 Å². The second-order valence-corrected chi connectivity index (χ2v) is 11.1. The van der Waals surface area contributed by atoms with Gasteiger partial charge in [0.2, 0.25) is 0 Å². The molecular weight excluding hydrogens is 512 g/mol. The van der Waals surface area contributed by atoms with Gasteiger partial charge in [-0.2, -0.15) is 0 Å². The van der Waals surface area contributed by atoms with Gasteiger partial charge in [0.05, 0.1) is 25.2 Å². The van der Waals surface area contributed by atoms with Crippen LogP contribution in [0.3, 0.4) is 0 Å². The van der Waals surface area contributed by atoms with E-state index >= 15 is 0 Å². The molecule has 2 saturated carbocycles. The highest BCUT2D eigenvalue weighted by Crippen LogP contribution is 2.32. The van der Waals surface area contributed by atoms with E-state index < -0.39 is 0 Å². The number of ether oxygens (including phenoxy) is 5. The summed E-state index contributed by atoms with van der Waals surface area (Å²) in [7, 11) is 0. The van der Waals surface area contributed by atoms with E-state index in [1.165, 1.54) is 0 Å². The summed E-state index contributed by atoms with van der Waals surface area (Å²) in [4.78, 5) is 35.6. The van der Waals surface area contributed by atoms with Crippen molar-refractivity contribution in [1.29, 1.82) is 0 Å². The summed E-state index contributed by atoms with van der Waals surface area (Å²) in [5, 5.41) is 0. The molecule has 0 amide bonds. The summed E-state index contributed by atoms with van der Waals surface area (Å²) in [6.07, 6.45) is 9.25. The number of carbonyl (C=O) groups is 3. The SMILES string of the molecule is C=C(C)C(=O)OCCC1CCC(OCOc2ccc(OC(=O)C3CCC(CCOC(=O)C(=C)C)CC3)cc2)CC1. The zero-order valence-electron chi connectivity index (χ0n) is 24.0. The summed E-state index contributed by atoms with van der Waals surface area (Å²) in [6.45, 7) is 11.5. The first-order chi connectivity index (χ1) is 19.2. The van der Waals surface area contributed by atoms with Crippen LogP contribution in [0.15, 0.2) is 48.6 Å². The largest absolute Gasteiger partial charge is 0.468 e. The molecule has 3 rings (SSSR count). The molecule has 0 aromatic heterocycles. The highest BCUT2D eigenvalue weighted by molar-refractivity contribution is 5.87. The van der Waals surface area contributed by atoms with E-state index in [2.05, 4.69) is 13.2 Å². The Morgan fingerprint density at radius 1 is 0.725 bits per heavy atom. The fourth-order valence-corrected chi connectivity index (χ4v) is 5.16. The third kappa shape index (κ3) is 10.8. The van der Waals surface area contributed by atoms with E-state index in [0.717, 1.165) is 64.2 Å². The first-order valence-electron chi connectivity index (χ1n) is 14.4. The number of esters is 3. The van der Waals surface area contributed by atoms with Crippen LogP contribution in [-0.2, 0) is 28.6 Å². The van der Waals surface area contributed by atoms with E-state index in [1.54, 1.807) is 38.1 Å². The maximum absolute atomic E-state index is 12.6. The summed E-state index contributed by atoms with van der Waals surface area (Å²) in [5.41, 5.74) is 0.839. The van der Waals surface area contributed by atoms with Crippen LogP contribution in [-0.4, -0.2) is 44.0 Å². The van der Waals surface area contributed by atoms with Gasteiger partial charge in [-0.05, 0) is 114 Å².